The van der Waals surface area contributed by atoms with Crippen LogP contribution in [0.15, 0.2) is 29.3 Å². The highest BCUT2D eigenvalue weighted by atomic mass is 127. The smallest absolute Gasteiger partial charge is 0.191 e. The molecule has 8 heteroatoms. The Morgan fingerprint density at radius 3 is 2.37 bits per heavy atom. The molecule has 1 aromatic carbocycles. The highest BCUT2D eigenvalue weighted by molar-refractivity contribution is 14.0. The Morgan fingerprint density at radius 2 is 1.80 bits per heavy atom. The van der Waals surface area contributed by atoms with Crippen LogP contribution in [0.5, 0.6) is 0 Å². The number of hydrogen-bond acceptors (Lipinski definition) is 4. The van der Waals surface area contributed by atoms with Crippen molar-refractivity contribution in [3.05, 3.63) is 30.1 Å². The van der Waals surface area contributed by atoms with E-state index in [1.807, 2.05) is 19.2 Å². The number of rotatable bonds is 6. The molecule has 2 saturated heterocycles. The van der Waals surface area contributed by atoms with Crippen LogP contribution in [0.3, 0.4) is 0 Å². The van der Waals surface area contributed by atoms with Crippen molar-refractivity contribution in [1.82, 2.24) is 20.4 Å². The minimum atomic E-state index is -0.177. The van der Waals surface area contributed by atoms with Gasteiger partial charge in [-0.15, -0.1) is 24.0 Å². The Hall–Kier alpha value is -1.13. The molecule has 0 saturated carbocycles. The SMILES string of the molecule is CN=C(NCCN1CCN(c2ccc(F)cc2)CC1)NC1CN(C(C)C)CC1C.I. The van der Waals surface area contributed by atoms with Gasteiger partial charge in [0, 0.05) is 77.2 Å². The van der Waals surface area contributed by atoms with Crippen molar-refractivity contribution in [3.63, 3.8) is 0 Å². The molecule has 0 bridgehead atoms. The molecule has 2 aliphatic heterocycles. The van der Waals surface area contributed by atoms with E-state index in [2.05, 4.69) is 51.1 Å². The number of nitrogens with one attached hydrogen (secondary N) is 2. The minimum Gasteiger partial charge on any atom is -0.369 e. The first-order valence-electron chi connectivity index (χ1n) is 10.9. The van der Waals surface area contributed by atoms with Crippen molar-refractivity contribution in [2.24, 2.45) is 10.9 Å². The Morgan fingerprint density at radius 1 is 1.13 bits per heavy atom. The summed E-state index contributed by atoms with van der Waals surface area (Å²) in [6, 6.07) is 7.85. The first kappa shape index (κ1) is 25.1. The van der Waals surface area contributed by atoms with Crippen molar-refractivity contribution < 1.29 is 4.39 Å². The third-order valence-corrected chi connectivity index (χ3v) is 6.20. The zero-order valence-electron chi connectivity index (χ0n) is 18.8. The van der Waals surface area contributed by atoms with Gasteiger partial charge in [-0.2, -0.15) is 0 Å². The summed E-state index contributed by atoms with van der Waals surface area (Å²) in [7, 11) is 1.84. The van der Waals surface area contributed by atoms with E-state index in [1.54, 1.807) is 0 Å². The second kappa shape index (κ2) is 12.0. The monoisotopic (exact) mass is 532 g/mol. The van der Waals surface area contributed by atoms with Gasteiger partial charge in [0.05, 0.1) is 0 Å². The second-order valence-corrected chi connectivity index (χ2v) is 8.58. The molecule has 2 fully saturated rings. The van der Waals surface area contributed by atoms with Crippen LogP contribution in [0, 0.1) is 11.7 Å². The average Bonchev–Trinajstić information content (AvgIpc) is 3.09. The Balaban J connectivity index is 0.00000320. The van der Waals surface area contributed by atoms with Crippen molar-refractivity contribution in [3.8, 4) is 0 Å². The van der Waals surface area contributed by atoms with E-state index in [0.29, 0.717) is 18.0 Å². The topological polar surface area (TPSA) is 46.1 Å². The van der Waals surface area contributed by atoms with Crippen LogP contribution in [0.25, 0.3) is 0 Å². The van der Waals surface area contributed by atoms with Gasteiger partial charge in [-0.1, -0.05) is 6.92 Å². The number of hydrogen-bond donors (Lipinski definition) is 2. The Kier molecular flexibility index (Phi) is 10.1. The zero-order chi connectivity index (χ0) is 20.8. The van der Waals surface area contributed by atoms with Crippen molar-refractivity contribution >= 4 is 35.6 Å². The maximum absolute atomic E-state index is 13.1. The van der Waals surface area contributed by atoms with E-state index in [9.17, 15) is 4.39 Å². The molecule has 1 aromatic rings. The summed E-state index contributed by atoms with van der Waals surface area (Å²) in [4.78, 5) is 11.7. The van der Waals surface area contributed by atoms with Gasteiger partial charge < -0.3 is 15.5 Å². The zero-order valence-corrected chi connectivity index (χ0v) is 21.1. The molecule has 2 aliphatic rings. The number of likely N-dealkylation sites (tertiary alicyclic amines) is 1. The lowest BCUT2D eigenvalue weighted by Gasteiger charge is -2.36. The third kappa shape index (κ3) is 6.95. The number of halogens is 2. The molecular weight excluding hydrogens is 494 g/mol. The van der Waals surface area contributed by atoms with Crippen LogP contribution < -0.4 is 15.5 Å². The van der Waals surface area contributed by atoms with E-state index in [-0.39, 0.29) is 29.8 Å². The van der Waals surface area contributed by atoms with Crippen LogP contribution in [0.1, 0.15) is 20.8 Å². The first-order chi connectivity index (χ1) is 14.0. The maximum atomic E-state index is 13.1. The van der Waals surface area contributed by atoms with E-state index >= 15 is 0 Å². The normalized spacial score (nSPS) is 23.5. The lowest BCUT2D eigenvalue weighted by molar-refractivity contribution is 0.261. The fourth-order valence-electron chi connectivity index (χ4n) is 4.20. The standard InChI is InChI=1S/C22H37FN6.HI/c1-17(2)29-15-18(3)21(16-29)26-22(24-4)25-9-10-27-11-13-28(14-12-27)20-7-5-19(23)6-8-20;/h5-8,17-18,21H,9-16H2,1-4H3,(H2,24,25,26);1H. The summed E-state index contributed by atoms with van der Waals surface area (Å²) in [6.07, 6.45) is 0. The van der Waals surface area contributed by atoms with E-state index in [4.69, 9.17) is 0 Å². The highest BCUT2D eigenvalue weighted by Crippen LogP contribution is 2.19. The molecule has 0 aliphatic carbocycles. The van der Waals surface area contributed by atoms with E-state index < -0.39 is 0 Å². The maximum Gasteiger partial charge on any atom is 0.191 e. The van der Waals surface area contributed by atoms with Gasteiger partial charge in [-0.3, -0.25) is 14.8 Å². The summed E-state index contributed by atoms with van der Waals surface area (Å²) in [5.74, 6) is 1.34. The summed E-state index contributed by atoms with van der Waals surface area (Å²) in [5, 5.41) is 7.09. The summed E-state index contributed by atoms with van der Waals surface area (Å²) in [5.41, 5.74) is 1.11. The first-order valence-corrected chi connectivity index (χ1v) is 10.9. The van der Waals surface area contributed by atoms with Gasteiger partial charge in [-0.25, -0.2) is 4.39 Å². The van der Waals surface area contributed by atoms with Crippen molar-refractivity contribution in [2.45, 2.75) is 32.9 Å². The van der Waals surface area contributed by atoms with Gasteiger partial charge in [0.15, 0.2) is 5.96 Å². The summed E-state index contributed by atoms with van der Waals surface area (Å²) in [6.45, 7) is 14.9. The number of piperazine rings is 1. The number of benzene rings is 1. The molecule has 170 valence electrons. The quantitative estimate of drug-likeness (QED) is 0.335. The average molecular weight is 532 g/mol. The summed E-state index contributed by atoms with van der Waals surface area (Å²) >= 11 is 0. The van der Waals surface area contributed by atoms with E-state index in [0.717, 1.165) is 64.0 Å². The lowest BCUT2D eigenvalue weighted by atomic mass is 10.1. The number of guanidine groups is 1. The molecular formula is C22H38FIN6. The van der Waals surface area contributed by atoms with Crippen LogP contribution >= 0.6 is 24.0 Å². The van der Waals surface area contributed by atoms with Gasteiger partial charge in [0.1, 0.15) is 5.82 Å². The molecule has 0 aromatic heterocycles. The molecule has 30 heavy (non-hydrogen) atoms. The second-order valence-electron chi connectivity index (χ2n) is 8.58. The van der Waals surface area contributed by atoms with Crippen LogP contribution in [-0.4, -0.2) is 87.2 Å². The molecule has 6 nitrogen and oxygen atoms in total. The molecule has 0 spiro atoms. The molecule has 3 rings (SSSR count). The lowest BCUT2D eigenvalue weighted by Crippen LogP contribution is -2.51. The van der Waals surface area contributed by atoms with Gasteiger partial charge in [0.2, 0.25) is 0 Å². The molecule has 2 heterocycles. The van der Waals surface area contributed by atoms with Crippen LogP contribution in [0.4, 0.5) is 10.1 Å². The molecule has 2 N–H and O–H groups in total. The highest BCUT2D eigenvalue weighted by Gasteiger charge is 2.31. The summed E-state index contributed by atoms with van der Waals surface area (Å²) < 4.78 is 13.1. The third-order valence-electron chi connectivity index (χ3n) is 6.20. The fourth-order valence-corrected chi connectivity index (χ4v) is 4.20. The van der Waals surface area contributed by atoms with Crippen LogP contribution in [-0.2, 0) is 0 Å². The largest absolute Gasteiger partial charge is 0.369 e. The number of nitrogens with zero attached hydrogens (tertiary/aromatic N) is 4. The Bertz CT molecular complexity index is 660. The number of anilines is 1. The molecule has 0 radical (unpaired) electrons. The Labute approximate surface area is 198 Å². The molecule has 0 amide bonds. The van der Waals surface area contributed by atoms with Gasteiger partial charge in [-0.05, 0) is 44.0 Å². The fraction of sp³-hybridized carbons (Fsp3) is 0.682. The van der Waals surface area contributed by atoms with Crippen molar-refractivity contribution in [1.29, 1.82) is 0 Å². The minimum absolute atomic E-state index is 0. The van der Waals surface area contributed by atoms with Crippen molar-refractivity contribution in [2.75, 3.05) is 64.3 Å². The molecule has 2 unspecified atom stereocenters. The van der Waals surface area contributed by atoms with E-state index in [1.165, 1.54) is 12.1 Å². The predicted molar refractivity (Wildman–Crippen MR) is 135 cm³/mol. The van der Waals surface area contributed by atoms with Crippen LogP contribution in [0.2, 0.25) is 0 Å². The van der Waals surface area contributed by atoms with Gasteiger partial charge >= 0.3 is 0 Å². The predicted octanol–water partition coefficient (Wildman–Crippen LogP) is 2.46. The van der Waals surface area contributed by atoms with Gasteiger partial charge in [0.25, 0.3) is 0 Å². The number of aliphatic imine (C=N–C) groups is 1. The molecule has 2 atom stereocenters.